The van der Waals surface area contributed by atoms with Gasteiger partial charge in [-0.25, -0.2) is 4.79 Å². The van der Waals surface area contributed by atoms with E-state index < -0.39 is 30.4 Å². The molecular formula is C27H30Cl2N2O6. The molecule has 0 radical (unpaired) electrons. The van der Waals surface area contributed by atoms with E-state index >= 15 is 0 Å². The van der Waals surface area contributed by atoms with Crippen LogP contribution in [0.15, 0.2) is 48.5 Å². The predicted molar refractivity (Wildman–Crippen MR) is 139 cm³/mol. The van der Waals surface area contributed by atoms with Gasteiger partial charge in [0, 0.05) is 36.0 Å². The minimum Gasteiger partial charge on any atom is -0.450 e. The van der Waals surface area contributed by atoms with E-state index in [2.05, 4.69) is 0 Å². The van der Waals surface area contributed by atoms with Gasteiger partial charge >= 0.3 is 6.16 Å². The van der Waals surface area contributed by atoms with Crippen LogP contribution in [-0.4, -0.2) is 64.7 Å². The van der Waals surface area contributed by atoms with Crippen LogP contribution in [0.2, 0.25) is 10.0 Å². The zero-order chi connectivity index (χ0) is 26.5. The molecule has 0 unspecified atom stereocenters. The van der Waals surface area contributed by atoms with Crippen LogP contribution in [0.5, 0.6) is 0 Å². The monoisotopic (exact) mass is 548 g/mol. The van der Waals surface area contributed by atoms with Crippen LogP contribution in [0.1, 0.15) is 55.9 Å². The standard InChI is InChI=1S/C27H30Cl2N2O6/c1-2-3-22(26(33)30-14-12-21(13-15-30)37-27(34)35)31-23(32)16-36-25(18-6-10-20(29)11-7-18)24(31)17-4-8-19(28)9-5-17/h4-11,21-22,24-25H,2-3,12-16H2,1H3,(H,34,35)/t22-,24-,25+/m1/s1. The van der Waals surface area contributed by atoms with Gasteiger partial charge in [0.05, 0.1) is 6.04 Å². The van der Waals surface area contributed by atoms with E-state index in [1.165, 1.54) is 0 Å². The van der Waals surface area contributed by atoms with E-state index in [0.29, 0.717) is 48.8 Å². The Morgan fingerprint density at radius 2 is 1.59 bits per heavy atom. The largest absolute Gasteiger partial charge is 0.506 e. The van der Waals surface area contributed by atoms with Crippen molar-refractivity contribution in [3.8, 4) is 0 Å². The van der Waals surface area contributed by atoms with E-state index in [1.807, 2.05) is 31.2 Å². The fourth-order valence-electron chi connectivity index (χ4n) is 5.12. The number of amides is 2. The van der Waals surface area contributed by atoms with Gasteiger partial charge in [0.1, 0.15) is 24.9 Å². The van der Waals surface area contributed by atoms with Gasteiger partial charge in [0.2, 0.25) is 11.8 Å². The quantitative estimate of drug-likeness (QED) is 0.459. The Morgan fingerprint density at radius 3 is 2.14 bits per heavy atom. The highest BCUT2D eigenvalue weighted by atomic mass is 35.5. The number of halogens is 2. The number of ether oxygens (including phenoxy) is 2. The molecule has 37 heavy (non-hydrogen) atoms. The average Bonchev–Trinajstić information content (AvgIpc) is 2.88. The van der Waals surface area contributed by atoms with E-state index in [1.54, 1.807) is 34.1 Å². The molecule has 3 atom stereocenters. The highest BCUT2D eigenvalue weighted by Gasteiger charge is 2.45. The number of carbonyl (C=O) groups excluding carboxylic acids is 2. The van der Waals surface area contributed by atoms with Crippen LogP contribution >= 0.6 is 23.2 Å². The average molecular weight is 549 g/mol. The van der Waals surface area contributed by atoms with Gasteiger partial charge in [-0.05, 0) is 41.8 Å². The van der Waals surface area contributed by atoms with Crippen LogP contribution in [0, 0.1) is 0 Å². The molecule has 2 aromatic rings. The van der Waals surface area contributed by atoms with Gasteiger partial charge in [-0.3, -0.25) is 9.59 Å². The first-order valence-electron chi connectivity index (χ1n) is 12.4. The number of carboxylic acid groups (broad SMARTS) is 1. The summed E-state index contributed by atoms with van der Waals surface area (Å²) in [5, 5.41) is 10.1. The first-order valence-corrected chi connectivity index (χ1v) is 13.2. The van der Waals surface area contributed by atoms with Gasteiger partial charge in [0.25, 0.3) is 0 Å². The number of rotatable bonds is 7. The molecule has 0 spiro atoms. The summed E-state index contributed by atoms with van der Waals surface area (Å²) in [6.45, 7) is 2.55. The number of carbonyl (C=O) groups is 3. The lowest BCUT2D eigenvalue weighted by Crippen LogP contribution is -2.57. The fourth-order valence-corrected chi connectivity index (χ4v) is 5.38. The van der Waals surface area contributed by atoms with E-state index in [0.717, 1.165) is 11.1 Å². The second-order valence-electron chi connectivity index (χ2n) is 9.29. The van der Waals surface area contributed by atoms with Crippen LogP contribution < -0.4 is 0 Å². The Balaban J connectivity index is 1.67. The van der Waals surface area contributed by atoms with Crippen LogP contribution in [0.3, 0.4) is 0 Å². The van der Waals surface area contributed by atoms with Crippen LogP contribution in [0.25, 0.3) is 0 Å². The fraction of sp³-hybridized carbons (Fsp3) is 0.444. The van der Waals surface area contributed by atoms with Gasteiger partial charge in [-0.15, -0.1) is 0 Å². The molecule has 1 N–H and O–H groups in total. The maximum Gasteiger partial charge on any atom is 0.506 e. The van der Waals surface area contributed by atoms with Crippen LogP contribution in [-0.2, 0) is 19.1 Å². The summed E-state index contributed by atoms with van der Waals surface area (Å²) in [5.41, 5.74) is 1.65. The summed E-state index contributed by atoms with van der Waals surface area (Å²) in [5.74, 6) is -0.416. The summed E-state index contributed by atoms with van der Waals surface area (Å²) >= 11 is 12.3. The third kappa shape index (κ3) is 6.37. The first kappa shape index (κ1) is 27.2. The molecule has 198 valence electrons. The zero-order valence-electron chi connectivity index (χ0n) is 20.5. The Labute approximate surface area is 226 Å². The van der Waals surface area contributed by atoms with Crippen molar-refractivity contribution < 1.29 is 29.0 Å². The highest BCUT2D eigenvalue weighted by molar-refractivity contribution is 6.30. The summed E-state index contributed by atoms with van der Waals surface area (Å²) < 4.78 is 11.0. The second-order valence-corrected chi connectivity index (χ2v) is 10.2. The lowest BCUT2D eigenvalue weighted by molar-refractivity contribution is -0.170. The molecule has 2 aliphatic rings. The van der Waals surface area contributed by atoms with Gasteiger partial charge in [-0.2, -0.15) is 0 Å². The minimum atomic E-state index is -1.31. The summed E-state index contributed by atoms with van der Waals surface area (Å²) in [4.78, 5) is 41.6. The van der Waals surface area contributed by atoms with Crippen molar-refractivity contribution in [1.82, 2.24) is 9.80 Å². The molecule has 2 fully saturated rings. The number of benzene rings is 2. The summed E-state index contributed by atoms with van der Waals surface area (Å²) in [6, 6.07) is 13.3. The number of hydrogen-bond acceptors (Lipinski definition) is 5. The number of nitrogens with zero attached hydrogens (tertiary/aromatic N) is 2. The Morgan fingerprint density at radius 1 is 1.03 bits per heavy atom. The summed E-state index contributed by atoms with van der Waals surface area (Å²) in [6.07, 6.45) is -0.257. The van der Waals surface area contributed by atoms with Crippen molar-refractivity contribution in [2.75, 3.05) is 19.7 Å². The first-order chi connectivity index (χ1) is 17.8. The third-order valence-corrected chi connectivity index (χ3v) is 7.38. The topological polar surface area (TPSA) is 96.4 Å². The summed E-state index contributed by atoms with van der Waals surface area (Å²) in [7, 11) is 0. The molecule has 4 rings (SSSR count). The zero-order valence-corrected chi connectivity index (χ0v) is 22.0. The Kier molecular flexibility index (Phi) is 8.95. The minimum absolute atomic E-state index is 0.153. The highest BCUT2D eigenvalue weighted by Crippen LogP contribution is 2.42. The van der Waals surface area contributed by atoms with Gasteiger partial charge in [0.15, 0.2) is 0 Å². The van der Waals surface area contributed by atoms with Crippen molar-refractivity contribution in [3.05, 3.63) is 69.7 Å². The molecule has 2 aliphatic heterocycles. The molecule has 0 saturated carbocycles. The van der Waals surface area contributed by atoms with E-state index in [4.69, 9.17) is 37.8 Å². The van der Waals surface area contributed by atoms with E-state index in [9.17, 15) is 14.4 Å². The maximum atomic E-state index is 13.9. The predicted octanol–water partition coefficient (Wildman–Crippen LogP) is 5.49. The van der Waals surface area contributed by atoms with Crippen molar-refractivity contribution >= 4 is 41.2 Å². The smallest absolute Gasteiger partial charge is 0.450 e. The molecule has 2 heterocycles. The SMILES string of the molecule is CCC[C@H](C(=O)N1CCC(OC(=O)O)CC1)N1C(=O)CO[C@@H](c2ccc(Cl)cc2)[C@H]1c1ccc(Cl)cc1. The lowest BCUT2D eigenvalue weighted by Gasteiger charge is -2.46. The molecule has 0 aliphatic carbocycles. The molecule has 2 aromatic carbocycles. The van der Waals surface area contributed by atoms with E-state index in [-0.39, 0.29) is 18.4 Å². The lowest BCUT2D eigenvalue weighted by atomic mass is 9.90. The molecule has 0 bridgehead atoms. The molecule has 10 heteroatoms. The van der Waals surface area contributed by atoms with Crippen molar-refractivity contribution in [2.45, 2.75) is 56.9 Å². The number of hydrogen-bond donors (Lipinski definition) is 1. The molecule has 2 amide bonds. The molecule has 2 saturated heterocycles. The third-order valence-electron chi connectivity index (χ3n) is 6.87. The van der Waals surface area contributed by atoms with Gasteiger partial charge < -0.3 is 24.4 Å². The Hall–Kier alpha value is -2.81. The van der Waals surface area contributed by atoms with Crippen molar-refractivity contribution in [2.24, 2.45) is 0 Å². The molecule has 0 aromatic heterocycles. The number of morpholine rings is 1. The number of likely N-dealkylation sites (tertiary alicyclic amines) is 1. The molecular weight excluding hydrogens is 519 g/mol. The number of piperidine rings is 1. The van der Waals surface area contributed by atoms with Gasteiger partial charge in [-0.1, -0.05) is 60.8 Å². The van der Waals surface area contributed by atoms with Crippen molar-refractivity contribution in [1.29, 1.82) is 0 Å². The van der Waals surface area contributed by atoms with Crippen LogP contribution in [0.4, 0.5) is 4.79 Å². The van der Waals surface area contributed by atoms with Crippen molar-refractivity contribution in [3.63, 3.8) is 0 Å². The molecule has 8 nitrogen and oxygen atoms in total. The maximum absolute atomic E-state index is 13.9. The second kappa shape index (κ2) is 12.2. The normalized spacial score (nSPS) is 21.5. The Bertz CT molecular complexity index is 1100.